The smallest absolute Gasteiger partial charge is 0.321 e. The monoisotopic (exact) mass is 570 g/mol. The molecule has 0 rings (SSSR count). The van der Waals surface area contributed by atoms with Crippen LogP contribution in [0.25, 0.3) is 0 Å². The summed E-state index contributed by atoms with van der Waals surface area (Å²) in [4.78, 5) is 26.4. The number of hydrogen-bond donors (Lipinski definition) is 0. The number of carbonyl (C=O) groups excluding carboxylic acids is 2. The molecule has 4 nitrogen and oxygen atoms in total. The molecule has 5 heteroatoms. The van der Waals surface area contributed by atoms with E-state index in [9.17, 15) is 9.59 Å². The molecular formula is C34H66O4S. The zero-order valence-electron chi connectivity index (χ0n) is 27.1. The zero-order chi connectivity index (χ0) is 29.4. The van der Waals surface area contributed by atoms with Gasteiger partial charge in [0.15, 0.2) is 0 Å². The third kappa shape index (κ3) is 19.1. The normalized spacial score (nSPS) is 15.4. The molecule has 0 radical (unpaired) electrons. The van der Waals surface area contributed by atoms with Crippen LogP contribution in [0.1, 0.15) is 170 Å². The molecular weight excluding hydrogens is 504 g/mol. The molecule has 232 valence electrons. The lowest BCUT2D eigenvalue weighted by molar-refractivity contribution is -0.147. The van der Waals surface area contributed by atoms with Gasteiger partial charge in [0, 0.05) is 0 Å². The SMILES string of the molecule is CCCCCCCCCCCCC(C)(SC(C)C(=O)OCC(CC)CCCC)C(=O)OCC(CC)CCCC. The molecule has 0 bridgehead atoms. The zero-order valence-corrected chi connectivity index (χ0v) is 27.9. The molecule has 0 amide bonds. The maximum Gasteiger partial charge on any atom is 0.321 e. The highest BCUT2D eigenvalue weighted by Gasteiger charge is 2.39. The molecule has 0 N–H and O–H groups in total. The molecule has 0 spiro atoms. The Morgan fingerprint density at radius 3 is 1.54 bits per heavy atom. The van der Waals surface area contributed by atoms with Crippen molar-refractivity contribution >= 4 is 23.7 Å². The van der Waals surface area contributed by atoms with E-state index in [1.54, 1.807) is 0 Å². The Balaban J connectivity index is 4.95. The second-order valence-corrected chi connectivity index (χ2v) is 13.8. The predicted molar refractivity (Wildman–Crippen MR) is 170 cm³/mol. The van der Waals surface area contributed by atoms with E-state index in [1.807, 2.05) is 13.8 Å². The molecule has 0 aliphatic heterocycles. The van der Waals surface area contributed by atoms with Gasteiger partial charge < -0.3 is 9.47 Å². The summed E-state index contributed by atoms with van der Waals surface area (Å²) in [7, 11) is 0. The number of rotatable bonds is 27. The summed E-state index contributed by atoms with van der Waals surface area (Å²) in [5, 5.41) is -0.392. The standard InChI is InChI=1S/C34H66O4S/c1-8-13-16-17-18-19-20-21-22-23-26-34(7,33(36)38-28-31(12-5)25-15-10-3)39-29(6)32(35)37-27-30(11-4)24-14-9-2/h29-31H,8-28H2,1-7H3. The van der Waals surface area contributed by atoms with E-state index in [0.29, 0.717) is 25.0 Å². The lowest BCUT2D eigenvalue weighted by Crippen LogP contribution is -2.38. The van der Waals surface area contributed by atoms with Crippen LogP contribution in [-0.2, 0) is 19.1 Å². The molecule has 0 saturated carbocycles. The summed E-state index contributed by atoms with van der Waals surface area (Å²) < 4.78 is 10.9. The van der Waals surface area contributed by atoms with Crippen LogP contribution < -0.4 is 0 Å². The fourth-order valence-electron chi connectivity index (χ4n) is 5.06. The number of esters is 2. The van der Waals surface area contributed by atoms with E-state index in [-0.39, 0.29) is 11.9 Å². The van der Waals surface area contributed by atoms with Crippen molar-refractivity contribution in [2.24, 2.45) is 11.8 Å². The van der Waals surface area contributed by atoms with Crippen LogP contribution >= 0.6 is 11.8 Å². The van der Waals surface area contributed by atoms with Crippen molar-refractivity contribution in [1.82, 2.24) is 0 Å². The number of ether oxygens (including phenoxy) is 2. The van der Waals surface area contributed by atoms with Crippen molar-refractivity contribution < 1.29 is 19.1 Å². The first-order valence-corrected chi connectivity index (χ1v) is 17.7. The van der Waals surface area contributed by atoms with Crippen molar-refractivity contribution in [3.63, 3.8) is 0 Å². The Morgan fingerprint density at radius 2 is 1.08 bits per heavy atom. The lowest BCUT2D eigenvalue weighted by Gasteiger charge is -2.30. The molecule has 0 aromatic carbocycles. The summed E-state index contributed by atoms with van der Waals surface area (Å²) in [6.07, 6.45) is 22.3. The molecule has 0 heterocycles. The third-order valence-corrected chi connectivity index (χ3v) is 9.64. The Hall–Kier alpha value is -0.710. The topological polar surface area (TPSA) is 52.6 Å². The highest BCUT2D eigenvalue weighted by molar-refractivity contribution is 8.02. The fourth-order valence-corrected chi connectivity index (χ4v) is 6.42. The highest BCUT2D eigenvalue weighted by atomic mass is 32.2. The van der Waals surface area contributed by atoms with Gasteiger partial charge in [0.25, 0.3) is 0 Å². The average Bonchev–Trinajstić information content (AvgIpc) is 2.93. The van der Waals surface area contributed by atoms with Gasteiger partial charge in [0.1, 0.15) is 10.00 Å². The first-order valence-electron chi connectivity index (χ1n) is 16.8. The summed E-state index contributed by atoms with van der Waals surface area (Å²) >= 11 is 1.45. The van der Waals surface area contributed by atoms with Gasteiger partial charge in [-0.3, -0.25) is 9.59 Å². The van der Waals surface area contributed by atoms with Crippen molar-refractivity contribution in [2.75, 3.05) is 13.2 Å². The Labute approximate surface area is 247 Å². The van der Waals surface area contributed by atoms with Gasteiger partial charge in [-0.05, 0) is 44.9 Å². The Kier molecular flexibility index (Phi) is 24.6. The molecule has 0 aromatic rings. The summed E-state index contributed by atoms with van der Waals surface area (Å²) in [5.41, 5.74) is 0. The maximum atomic E-state index is 13.4. The van der Waals surface area contributed by atoms with Gasteiger partial charge in [-0.1, -0.05) is 137 Å². The first kappa shape index (κ1) is 38.3. The Morgan fingerprint density at radius 1 is 0.641 bits per heavy atom. The molecule has 39 heavy (non-hydrogen) atoms. The van der Waals surface area contributed by atoms with Crippen LogP contribution in [0.4, 0.5) is 0 Å². The number of unbranched alkanes of at least 4 members (excludes halogenated alkanes) is 11. The van der Waals surface area contributed by atoms with Crippen molar-refractivity contribution in [2.45, 2.75) is 180 Å². The van der Waals surface area contributed by atoms with Gasteiger partial charge in [0.2, 0.25) is 0 Å². The molecule has 0 aliphatic carbocycles. The van der Waals surface area contributed by atoms with Crippen LogP contribution in [0.2, 0.25) is 0 Å². The van der Waals surface area contributed by atoms with Gasteiger partial charge >= 0.3 is 11.9 Å². The minimum absolute atomic E-state index is 0.160. The maximum absolute atomic E-state index is 13.4. The summed E-state index contributed by atoms with van der Waals surface area (Å²) in [6, 6.07) is 0. The predicted octanol–water partition coefficient (Wildman–Crippen LogP) is 10.7. The molecule has 0 fully saturated rings. The van der Waals surface area contributed by atoms with Crippen LogP contribution in [0.5, 0.6) is 0 Å². The number of thioether (sulfide) groups is 1. The Bertz CT molecular complexity index is 596. The minimum atomic E-state index is -0.728. The highest BCUT2D eigenvalue weighted by Crippen LogP contribution is 2.36. The molecule has 0 aliphatic rings. The number of carbonyl (C=O) groups is 2. The van der Waals surface area contributed by atoms with Crippen LogP contribution in [0.15, 0.2) is 0 Å². The quantitative estimate of drug-likeness (QED) is 0.0726. The van der Waals surface area contributed by atoms with Gasteiger partial charge in [-0.25, -0.2) is 0 Å². The molecule has 4 unspecified atom stereocenters. The van der Waals surface area contributed by atoms with E-state index in [1.165, 1.54) is 76.0 Å². The summed E-state index contributed by atoms with van der Waals surface area (Å²) in [6.45, 7) is 15.8. The van der Waals surface area contributed by atoms with E-state index in [2.05, 4.69) is 34.6 Å². The van der Waals surface area contributed by atoms with Gasteiger partial charge in [-0.2, -0.15) is 0 Å². The summed E-state index contributed by atoms with van der Waals surface area (Å²) in [5.74, 6) is 0.471. The van der Waals surface area contributed by atoms with Crippen LogP contribution in [0, 0.1) is 11.8 Å². The minimum Gasteiger partial charge on any atom is -0.465 e. The second-order valence-electron chi connectivity index (χ2n) is 12.0. The van der Waals surface area contributed by atoms with Crippen LogP contribution in [0.3, 0.4) is 0 Å². The molecule has 0 aromatic heterocycles. The van der Waals surface area contributed by atoms with E-state index in [0.717, 1.165) is 57.8 Å². The van der Waals surface area contributed by atoms with Crippen molar-refractivity contribution in [3.8, 4) is 0 Å². The average molecular weight is 571 g/mol. The van der Waals surface area contributed by atoms with Crippen molar-refractivity contribution in [3.05, 3.63) is 0 Å². The fraction of sp³-hybridized carbons (Fsp3) is 0.941. The van der Waals surface area contributed by atoms with Gasteiger partial charge in [0.05, 0.1) is 13.2 Å². The second kappa shape index (κ2) is 25.0. The van der Waals surface area contributed by atoms with Gasteiger partial charge in [-0.15, -0.1) is 11.8 Å². The number of hydrogen-bond acceptors (Lipinski definition) is 5. The van der Waals surface area contributed by atoms with Crippen LogP contribution in [-0.4, -0.2) is 35.1 Å². The largest absolute Gasteiger partial charge is 0.465 e. The van der Waals surface area contributed by atoms with E-state index in [4.69, 9.17) is 9.47 Å². The van der Waals surface area contributed by atoms with E-state index >= 15 is 0 Å². The molecule has 0 saturated heterocycles. The van der Waals surface area contributed by atoms with E-state index < -0.39 is 10.00 Å². The van der Waals surface area contributed by atoms with Crippen molar-refractivity contribution in [1.29, 1.82) is 0 Å². The third-order valence-electron chi connectivity index (χ3n) is 8.21. The lowest BCUT2D eigenvalue weighted by atomic mass is 9.99. The first-order chi connectivity index (χ1) is 18.8. The molecule has 4 atom stereocenters.